The van der Waals surface area contributed by atoms with Gasteiger partial charge in [0.1, 0.15) is 6.61 Å². The molecule has 2 aromatic rings. The minimum absolute atomic E-state index is 0.0214. The van der Waals surface area contributed by atoms with E-state index in [-0.39, 0.29) is 37.4 Å². The zero-order valence-corrected chi connectivity index (χ0v) is 17.6. The lowest BCUT2D eigenvalue weighted by Crippen LogP contribution is -2.43. The second-order valence-corrected chi connectivity index (χ2v) is 7.50. The highest BCUT2D eigenvalue weighted by Gasteiger charge is 2.36. The Morgan fingerprint density at radius 1 is 1.06 bits per heavy atom. The highest BCUT2D eigenvalue weighted by Crippen LogP contribution is 2.24. The Morgan fingerprint density at radius 2 is 1.72 bits per heavy atom. The molecule has 2 heterocycles. The van der Waals surface area contributed by atoms with E-state index in [1.54, 1.807) is 53.4 Å². The molecule has 0 unspecified atom stereocenters. The lowest BCUT2D eigenvalue weighted by atomic mass is 10.1. The zero-order chi connectivity index (χ0) is 22.7. The summed E-state index contributed by atoms with van der Waals surface area (Å²) in [6, 6.07) is 13.7. The van der Waals surface area contributed by atoms with Crippen molar-refractivity contribution in [2.45, 2.75) is 6.10 Å². The number of fused-ring (bicyclic) bond motifs is 1. The molecular weight excluding hydrogens is 414 g/mol. The number of rotatable bonds is 8. The number of amides is 4. The summed E-state index contributed by atoms with van der Waals surface area (Å²) in [7, 11) is 1.47. The standard InChI is InChI=1S/C23H23N3O6/c1-31-18(13-26-22(29)19-4-2-3-5-20(19)23(26)30)12-24(15-27)16-6-8-17(9-7-16)25-10-11-32-14-21(25)28/h2-9,15,18H,10-14H2,1H3/t18-/m1/s1. The Balaban J connectivity index is 1.44. The lowest BCUT2D eigenvalue weighted by Gasteiger charge is -2.28. The van der Waals surface area contributed by atoms with Gasteiger partial charge in [-0.05, 0) is 36.4 Å². The van der Waals surface area contributed by atoms with Crippen molar-refractivity contribution in [1.29, 1.82) is 0 Å². The van der Waals surface area contributed by atoms with Crippen molar-refractivity contribution in [2.24, 2.45) is 0 Å². The quantitative estimate of drug-likeness (QED) is 0.457. The molecule has 4 rings (SSSR count). The molecule has 1 saturated heterocycles. The number of imide groups is 1. The van der Waals surface area contributed by atoms with Crippen molar-refractivity contribution in [3.8, 4) is 0 Å². The maximum atomic E-state index is 12.6. The third-order valence-corrected chi connectivity index (χ3v) is 5.60. The number of morpholine rings is 1. The molecule has 0 N–H and O–H groups in total. The average Bonchev–Trinajstić information content (AvgIpc) is 3.07. The minimum Gasteiger partial charge on any atom is -0.378 e. The molecule has 1 fully saturated rings. The number of carbonyl (C=O) groups excluding carboxylic acids is 4. The Labute approximate surface area is 185 Å². The molecule has 0 aromatic heterocycles. The second-order valence-electron chi connectivity index (χ2n) is 7.50. The summed E-state index contributed by atoms with van der Waals surface area (Å²) in [5.41, 5.74) is 2.07. The van der Waals surface area contributed by atoms with Crippen molar-refractivity contribution < 1.29 is 28.7 Å². The van der Waals surface area contributed by atoms with E-state index in [9.17, 15) is 19.2 Å². The summed E-state index contributed by atoms with van der Waals surface area (Å²) in [6.07, 6.45) is 0.0893. The number of nitrogens with zero attached hydrogens (tertiary/aromatic N) is 3. The minimum atomic E-state index is -0.581. The summed E-state index contributed by atoms with van der Waals surface area (Å²) in [5, 5.41) is 0. The van der Waals surface area contributed by atoms with Crippen LogP contribution >= 0.6 is 0 Å². The molecular formula is C23H23N3O6. The molecule has 9 nitrogen and oxygen atoms in total. The van der Waals surface area contributed by atoms with Crippen LogP contribution < -0.4 is 9.80 Å². The van der Waals surface area contributed by atoms with E-state index >= 15 is 0 Å². The fourth-order valence-corrected chi connectivity index (χ4v) is 3.86. The van der Waals surface area contributed by atoms with Gasteiger partial charge >= 0.3 is 0 Å². The molecule has 0 radical (unpaired) electrons. The Hall–Kier alpha value is -3.56. The van der Waals surface area contributed by atoms with Gasteiger partial charge in [-0.2, -0.15) is 0 Å². The van der Waals surface area contributed by atoms with Gasteiger partial charge in [-0.1, -0.05) is 12.1 Å². The molecule has 32 heavy (non-hydrogen) atoms. The molecule has 9 heteroatoms. The molecule has 2 aliphatic heterocycles. The van der Waals surface area contributed by atoms with Crippen LogP contribution in [0, 0.1) is 0 Å². The van der Waals surface area contributed by atoms with Gasteiger partial charge in [0.25, 0.3) is 17.7 Å². The molecule has 0 bridgehead atoms. The van der Waals surface area contributed by atoms with Crippen molar-refractivity contribution in [1.82, 2.24) is 4.90 Å². The van der Waals surface area contributed by atoms with Crippen molar-refractivity contribution >= 4 is 35.5 Å². The van der Waals surface area contributed by atoms with Crippen molar-refractivity contribution in [3.63, 3.8) is 0 Å². The molecule has 2 aliphatic rings. The van der Waals surface area contributed by atoms with E-state index in [2.05, 4.69) is 0 Å². The largest absolute Gasteiger partial charge is 0.378 e. The maximum Gasteiger partial charge on any atom is 0.261 e. The van der Waals surface area contributed by atoms with E-state index in [1.165, 1.54) is 12.0 Å². The van der Waals surface area contributed by atoms with Gasteiger partial charge < -0.3 is 19.3 Å². The van der Waals surface area contributed by atoms with Crippen LogP contribution in [0.1, 0.15) is 20.7 Å². The lowest BCUT2D eigenvalue weighted by molar-refractivity contribution is -0.125. The van der Waals surface area contributed by atoms with Crippen LogP contribution in [-0.2, 0) is 19.1 Å². The normalized spacial score (nSPS) is 16.8. The molecule has 166 valence electrons. The summed E-state index contributed by atoms with van der Waals surface area (Å²) in [6.45, 7) is 1.16. The van der Waals surface area contributed by atoms with Gasteiger partial charge in [-0.25, -0.2) is 0 Å². The van der Waals surface area contributed by atoms with Crippen LogP contribution in [0.2, 0.25) is 0 Å². The van der Waals surface area contributed by atoms with E-state index in [4.69, 9.17) is 9.47 Å². The van der Waals surface area contributed by atoms with Gasteiger partial charge in [0.15, 0.2) is 0 Å². The summed E-state index contributed by atoms with van der Waals surface area (Å²) in [5.74, 6) is -0.855. The van der Waals surface area contributed by atoms with Gasteiger partial charge in [0.2, 0.25) is 6.41 Å². The summed E-state index contributed by atoms with van der Waals surface area (Å²) >= 11 is 0. The first-order valence-electron chi connectivity index (χ1n) is 10.2. The number of benzene rings is 2. The van der Waals surface area contributed by atoms with E-state index in [1.807, 2.05) is 0 Å². The molecule has 0 saturated carbocycles. The van der Waals surface area contributed by atoms with Crippen LogP contribution in [0.3, 0.4) is 0 Å². The molecule has 4 amide bonds. The number of anilines is 2. The first-order chi connectivity index (χ1) is 15.5. The summed E-state index contributed by atoms with van der Waals surface area (Å²) in [4.78, 5) is 53.3. The topological polar surface area (TPSA) is 96.5 Å². The van der Waals surface area contributed by atoms with E-state index < -0.39 is 6.10 Å². The predicted octanol–water partition coefficient (Wildman–Crippen LogP) is 1.32. The van der Waals surface area contributed by atoms with Crippen LogP contribution in [0.5, 0.6) is 0 Å². The Kier molecular flexibility index (Phi) is 6.29. The van der Waals surface area contributed by atoms with E-state index in [0.29, 0.717) is 36.4 Å². The summed E-state index contributed by atoms with van der Waals surface area (Å²) < 4.78 is 10.6. The number of ether oxygens (including phenoxy) is 2. The number of hydrogen-bond donors (Lipinski definition) is 0. The van der Waals surface area contributed by atoms with Crippen molar-refractivity contribution in [2.75, 3.05) is 49.8 Å². The predicted molar refractivity (Wildman–Crippen MR) is 116 cm³/mol. The number of methoxy groups -OCH3 is 1. The number of carbonyl (C=O) groups is 4. The van der Waals surface area contributed by atoms with E-state index in [0.717, 1.165) is 10.6 Å². The Morgan fingerprint density at radius 3 is 2.28 bits per heavy atom. The molecule has 0 aliphatic carbocycles. The second kappa shape index (κ2) is 9.29. The van der Waals surface area contributed by atoms with Crippen LogP contribution in [-0.4, -0.2) is 75.1 Å². The first kappa shape index (κ1) is 21.7. The van der Waals surface area contributed by atoms with Gasteiger partial charge in [-0.3, -0.25) is 24.1 Å². The Bertz CT molecular complexity index is 1000. The fourth-order valence-electron chi connectivity index (χ4n) is 3.86. The highest BCUT2D eigenvalue weighted by molar-refractivity contribution is 6.21. The fraction of sp³-hybridized carbons (Fsp3) is 0.304. The third kappa shape index (κ3) is 4.12. The SMILES string of the molecule is CO[C@@H](CN1C(=O)c2ccccc2C1=O)CN(C=O)c1ccc(N2CCOCC2=O)cc1. The highest BCUT2D eigenvalue weighted by atomic mass is 16.5. The zero-order valence-electron chi connectivity index (χ0n) is 17.6. The van der Waals surface area contributed by atoms with Crippen molar-refractivity contribution in [3.05, 3.63) is 59.7 Å². The molecule has 2 aromatic carbocycles. The number of hydrogen-bond acceptors (Lipinski definition) is 6. The van der Waals surface area contributed by atoms with Gasteiger partial charge in [0, 0.05) is 25.0 Å². The smallest absolute Gasteiger partial charge is 0.261 e. The van der Waals surface area contributed by atoms with Gasteiger partial charge in [-0.15, -0.1) is 0 Å². The van der Waals surface area contributed by atoms with Crippen LogP contribution in [0.25, 0.3) is 0 Å². The maximum absolute atomic E-state index is 12.6. The molecule has 0 spiro atoms. The molecule has 1 atom stereocenters. The monoisotopic (exact) mass is 437 g/mol. The third-order valence-electron chi connectivity index (χ3n) is 5.60. The van der Waals surface area contributed by atoms with Gasteiger partial charge in [0.05, 0.1) is 36.9 Å². The van der Waals surface area contributed by atoms with Crippen LogP contribution in [0.15, 0.2) is 48.5 Å². The van der Waals surface area contributed by atoms with Crippen LogP contribution in [0.4, 0.5) is 11.4 Å². The first-order valence-corrected chi connectivity index (χ1v) is 10.2. The average molecular weight is 437 g/mol.